The second kappa shape index (κ2) is 8.62. The Labute approximate surface area is 145 Å². The molecule has 1 aromatic carbocycles. The van der Waals surface area contributed by atoms with Gasteiger partial charge in [0.25, 0.3) is 5.91 Å². The van der Waals surface area contributed by atoms with E-state index in [4.69, 9.17) is 4.74 Å². The molecular formula is C19H31NO2S. The number of hydrogen-bond donors (Lipinski definition) is 1. The first-order chi connectivity index (χ1) is 10.6. The Balaban J connectivity index is 2.57. The van der Waals surface area contributed by atoms with E-state index in [0.717, 1.165) is 22.6 Å². The molecule has 0 fully saturated rings. The van der Waals surface area contributed by atoms with Crippen molar-refractivity contribution in [2.75, 3.05) is 12.3 Å². The molecule has 0 aliphatic heterocycles. The highest BCUT2D eigenvalue weighted by Gasteiger charge is 2.18. The zero-order valence-corrected chi connectivity index (χ0v) is 16.3. The monoisotopic (exact) mass is 337 g/mol. The van der Waals surface area contributed by atoms with Crippen LogP contribution in [0.15, 0.2) is 18.2 Å². The molecule has 1 N–H and O–H groups in total. The Morgan fingerprint density at radius 2 is 1.91 bits per heavy atom. The maximum atomic E-state index is 12.2. The standard InChI is InChI=1S/C19H31NO2S/c1-13(2)16-9-8-14(3)12-17(16)22-15(4)18(21)20-10-11-23-19(5,6)7/h8-9,12-13,15H,10-11H2,1-7H3,(H,20,21)/t15-/m1/s1. The first-order valence-corrected chi connectivity index (χ1v) is 9.27. The molecule has 1 aromatic rings. The Bertz CT molecular complexity index is 521. The van der Waals surface area contributed by atoms with E-state index < -0.39 is 6.10 Å². The fourth-order valence-corrected chi connectivity index (χ4v) is 2.96. The Hall–Kier alpha value is -1.16. The van der Waals surface area contributed by atoms with Crippen LogP contribution in [-0.4, -0.2) is 29.1 Å². The van der Waals surface area contributed by atoms with Gasteiger partial charge in [-0.25, -0.2) is 0 Å². The van der Waals surface area contributed by atoms with Crippen LogP contribution in [-0.2, 0) is 4.79 Å². The van der Waals surface area contributed by atoms with Crippen molar-refractivity contribution in [1.82, 2.24) is 5.32 Å². The molecule has 0 saturated heterocycles. The molecule has 0 spiro atoms. The number of nitrogens with one attached hydrogen (secondary N) is 1. The lowest BCUT2D eigenvalue weighted by molar-refractivity contribution is -0.127. The van der Waals surface area contributed by atoms with Gasteiger partial charge in [0.1, 0.15) is 5.75 Å². The summed E-state index contributed by atoms with van der Waals surface area (Å²) in [4.78, 5) is 12.2. The second-order valence-corrected chi connectivity index (χ2v) is 9.13. The van der Waals surface area contributed by atoms with Crippen molar-refractivity contribution < 1.29 is 9.53 Å². The third-order valence-electron chi connectivity index (χ3n) is 3.40. The third kappa shape index (κ3) is 7.30. The summed E-state index contributed by atoms with van der Waals surface area (Å²) in [6.07, 6.45) is -0.492. The smallest absolute Gasteiger partial charge is 0.260 e. The van der Waals surface area contributed by atoms with E-state index in [2.05, 4.69) is 52.1 Å². The van der Waals surface area contributed by atoms with E-state index in [-0.39, 0.29) is 10.7 Å². The van der Waals surface area contributed by atoms with Crippen molar-refractivity contribution in [3.63, 3.8) is 0 Å². The first-order valence-electron chi connectivity index (χ1n) is 8.29. The SMILES string of the molecule is Cc1ccc(C(C)C)c(O[C@H](C)C(=O)NCCSC(C)(C)C)c1. The fraction of sp³-hybridized carbons (Fsp3) is 0.632. The topological polar surface area (TPSA) is 38.3 Å². The minimum absolute atomic E-state index is 0.0595. The van der Waals surface area contributed by atoms with Crippen molar-refractivity contribution in [2.24, 2.45) is 0 Å². The van der Waals surface area contributed by atoms with Gasteiger partial charge in [0, 0.05) is 17.0 Å². The second-order valence-electron chi connectivity index (χ2n) is 7.21. The number of carbonyl (C=O) groups is 1. The van der Waals surface area contributed by atoms with Gasteiger partial charge in [-0.15, -0.1) is 0 Å². The van der Waals surface area contributed by atoms with Crippen molar-refractivity contribution in [3.8, 4) is 5.75 Å². The summed E-state index contributed by atoms with van der Waals surface area (Å²) in [7, 11) is 0. The number of thioether (sulfide) groups is 1. The van der Waals surface area contributed by atoms with E-state index >= 15 is 0 Å². The van der Waals surface area contributed by atoms with Gasteiger partial charge in [-0.2, -0.15) is 11.8 Å². The molecule has 1 amide bonds. The van der Waals surface area contributed by atoms with E-state index in [1.807, 2.05) is 24.8 Å². The lowest BCUT2D eigenvalue weighted by atomic mass is 10.0. The van der Waals surface area contributed by atoms with Gasteiger partial charge in [-0.3, -0.25) is 4.79 Å². The average Bonchev–Trinajstić information content (AvgIpc) is 2.42. The van der Waals surface area contributed by atoms with Gasteiger partial charge in [0.15, 0.2) is 6.10 Å². The van der Waals surface area contributed by atoms with Gasteiger partial charge in [-0.05, 0) is 37.0 Å². The van der Waals surface area contributed by atoms with Crippen molar-refractivity contribution in [2.45, 2.75) is 65.2 Å². The van der Waals surface area contributed by atoms with Crippen LogP contribution in [0.4, 0.5) is 0 Å². The van der Waals surface area contributed by atoms with Gasteiger partial charge >= 0.3 is 0 Å². The maximum absolute atomic E-state index is 12.2. The Morgan fingerprint density at radius 1 is 1.26 bits per heavy atom. The van der Waals surface area contributed by atoms with Crippen LogP contribution >= 0.6 is 11.8 Å². The van der Waals surface area contributed by atoms with Crippen LogP contribution in [0.5, 0.6) is 5.75 Å². The zero-order chi connectivity index (χ0) is 17.6. The van der Waals surface area contributed by atoms with E-state index in [1.54, 1.807) is 6.92 Å². The van der Waals surface area contributed by atoms with E-state index in [9.17, 15) is 4.79 Å². The first kappa shape index (κ1) is 19.9. The number of rotatable bonds is 7. The molecule has 1 atom stereocenters. The zero-order valence-electron chi connectivity index (χ0n) is 15.5. The molecular weight excluding hydrogens is 306 g/mol. The summed E-state index contributed by atoms with van der Waals surface area (Å²) in [5.41, 5.74) is 2.28. The summed E-state index contributed by atoms with van der Waals surface area (Å²) in [5.74, 6) is 2.02. The quantitative estimate of drug-likeness (QED) is 0.743. The Kier molecular flexibility index (Phi) is 7.46. The van der Waals surface area contributed by atoms with Gasteiger partial charge in [-0.1, -0.05) is 46.8 Å². The van der Waals surface area contributed by atoms with Crippen molar-refractivity contribution in [3.05, 3.63) is 29.3 Å². The molecule has 3 nitrogen and oxygen atoms in total. The molecule has 4 heteroatoms. The third-order valence-corrected chi connectivity index (χ3v) is 4.67. The van der Waals surface area contributed by atoms with Gasteiger partial charge < -0.3 is 10.1 Å². The highest BCUT2D eigenvalue weighted by Crippen LogP contribution is 2.28. The molecule has 0 bridgehead atoms. The van der Waals surface area contributed by atoms with Crippen LogP contribution in [0.1, 0.15) is 58.6 Å². The number of carbonyl (C=O) groups excluding carboxylic acids is 1. The van der Waals surface area contributed by atoms with Gasteiger partial charge in [0.05, 0.1) is 0 Å². The van der Waals surface area contributed by atoms with Crippen molar-refractivity contribution in [1.29, 1.82) is 0 Å². The minimum Gasteiger partial charge on any atom is -0.481 e. The molecule has 130 valence electrons. The normalized spacial score (nSPS) is 13.0. The molecule has 0 aromatic heterocycles. The van der Waals surface area contributed by atoms with Crippen molar-refractivity contribution >= 4 is 17.7 Å². The molecule has 1 rings (SSSR count). The predicted octanol–water partition coefficient (Wildman–Crippen LogP) is 4.53. The molecule has 0 aliphatic carbocycles. The van der Waals surface area contributed by atoms with Crippen LogP contribution < -0.4 is 10.1 Å². The lowest BCUT2D eigenvalue weighted by Crippen LogP contribution is -2.37. The van der Waals surface area contributed by atoms with Crippen LogP contribution in [0, 0.1) is 6.92 Å². The van der Waals surface area contributed by atoms with Gasteiger partial charge in [0.2, 0.25) is 0 Å². The summed E-state index contributed by atoms with van der Waals surface area (Å²) in [6, 6.07) is 6.17. The minimum atomic E-state index is -0.492. The van der Waals surface area contributed by atoms with Crippen LogP contribution in [0.25, 0.3) is 0 Å². The molecule has 0 saturated carbocycles. The van der Waals surface area contributed by atoms with E-state index in [1.165, 1.54) is 0 Å². The fourth-order valence-electron chi connectivity index (χ4n) is 2.14. The maximum Gasteiger partial charge on any atom is 0.260 e. The molecule has 0 aliphatic rings. The van der Waals surface area contributed by atoms with Crippen LogP contribution in [0.2, 0.25) is 0 Å². The molecule has 23 heavy (non-hydrogen) atoms. The molecule has 0 unspecified atom stereocenters. The highest BCUT2D eigenvalue weighted by atomic mass is 32.2. The number of hydrogen-bond acceptors (Lipinski definition) is 3. The lowest BCUT2D eigenvalue weighted by Gasteiger charge is -2.20. The summed E-state index contributed by atoms with van der Waals surface area (Å²) in [5, 5.41) is 2.95. The predicted molar refractivity (Wildman–Crippen MR) is 101 cm³/mol. The highest BCUT2D eigenvalue weighted by molar-refractivity contribution is 8.00. The van der Waals surface area contributed by atoms with E-state index in [0.29, 0.717) is 12.5 Å². The average molecular weight is 338 g/mol. The number of ether oxygens (including phenoxy) is 1. The Morgan fingerprint density at radius 3 is 2.48 bits per heavy atom. The number of aryl methyl sites for hydroxylation is 1. The molecule has 0 heterocycles. The van der Waals surface area contributed by atoms with Crippen LogP contribution in [0.3, 0.4) is 0 Å². The summed E-state index contributed by atoms with van der Waals surface area (Å²) >= 11 is 1.84. The number of benzene rings is 1. The summed E-state index contributed by atoms with van der Waals surface area (Å²) < 4.78 is 6.15. The number of amides is 1. The summed E-state index contributed by atoms with van der Waals surface area (Å²) in [6.45, 7) is 15.3. The largest absolute Gasteiger partial charge is 0.481 e. The molecule has 0 radical (unpaired) electrons.